The maximum atomic E-state index is 12.6. The molecule has 24 heavy (non-hydrogen) atoms. The molecule has 0 spiro atoms. The van der Waals surface area contributed by atoms with Crippen LogP contribution in [0.5, 0.6) is 0 Å². The average molecular weight is 333 g/mol. The molecule has 2 rings (SSSR count). The molecule has 8 heteroatoms. The van der Waals surface area contributed by atoms with Crippen molar-refractivity contribution in [1.82, 2.24) is 19.9 Å². The monoisotopic (exact) mass is 333 g/mol. The number of fused-ring (bicyclic) bond motifs is 1. The van der Waals surface area contributed by atoms with Gasteiger partial charge in [-0.25, -0.2) is 9.78 Å². The molecule has 0 aliphatic rings. The van der Waals surface area contributed by atoms with Gasteiger partial charge in [0.2, 0.25) is 0 Å². The summed E-state index contributed by atoms with van der Waals surface area (Å²) in [7, 11) is 0. The molecule has 2 heterocycles. The first kappa shape index (κ1) is 17.9. The molecule has 0 aliphatic carbocycles. The maximum Gasteiger partial charge on any atom is 0.329 e. The van der Waals surface area contributed by atoms with E-state index < -0.39 is 17.2 Å². The van der Waals surface area contributed by atoms with Crippen LogP contribution in [0.3, 0.4) is 0 Å². The van der Waals surface area contributed by atoms with Gasteiger partial charge >= 0.3 is 5.69 Å². The molecule has 2 aromatic rings. The second kappa shape index (κ2) is 6.96. The topological polar surface area (TPSA) is 123 Å². The summed E-state index contributed by atoms with van der Waals surface area (Å²) in [6.45, 7) is 8.03. The van der Waals surface area contributed by atoms with Gasteiger partial charge in [-0.3, -0.25) is 19.1 Å². The smallest absolute Gasteiger partial charge is 0.329 e. The Kier molecular flexibility index (Phi) is 5.18. The van der Waals surface area contributed by atoms with Gasteiger partial charge in [-0.15, -0.1) is 0 Å². The van der Waals surface area contributed by atoms with Crippen LogP contribution >= 0.6 is 0 Å². The number of nitrogens with zero attached hydrogens (tertiary/aromatic N) is 2. The first-order valence-electron chi connectivity index (χ1n) is 7.98. The van der Waals surface area contributed by atoms with Gasteiger partial charge in [-0.2, -0.15) is 0 Å². The third-order valence-corrected chi connectivity index (χ3v) is 3.85. The Morgan fingerprint density at radius 3 is 2.58 bits per heavy atom. The number of H-pyrrole nitrogens is 1. The lowest BCUT2D eigenvalue weighted by Crippen LogP contribution is -2.39. The van der Waals surface area contributed by atoms with Crippen LogP contribution in [-0.4, -0.2) is 33.0 Å². The molecule has 4 N–H and O–H groups in total. The summed E-state index contributed by atoms with van der Waals surface area (Å²) in [6, 6.07) is 1.37. The van der Waals surface area contributed by atoms with E-state index in [1.54, 1.807) is 19.9 Å². The molecular weight excluding hydrogens is 310 g/mol. The molecular formula is C16H23N5O3. The second-order valence-electron chi connectivity index (χ2n) is 6.06. The molecule has 1 amide bonds. The number of aromatic nitrogens is 3. The fraction of sp³-hybridized carbons (Fsp3) is 0.500. The SMILES string of the molecule is CCn1c(=O)[nH]c(=O)c2c(C(=O)N[C@@H](C)CN)cc(C(C)C)nc21. The fourth-order valence-electron chi connectivity index (χ4n) is 2.42. The number of pyridine rings is 1. The van der Waals surface area contributed by atoms with Crippen molar-refractivity contribution < 1.29 is 4.79 Å². The van der Waals surface area contributed by atoms with Crippen LogP contribution < -0.4 is 22.3 Å². The number of rotatable bonds is 5. The molecule has 1 atom stereocenters. The zero-order chi connectivity index (χ0) is 18.0. The first-order valence-corrected chi connectivity index (χ1v) is 7.98. The Labute approximate surface area is 139 Å². The van der Waals surface area contributed by atoms with Gasteiger partial charge in [-0.05, 0) is 25.8 Å². The van der Waals surface area contributed by atoms with Crippen molar-refractivity contribution in [1.29, 1.82) is 0 Å². The van der Waals surface area contributed by atoms with Gasteiger partial charge in [-0.1, -0.05) is 13.8 Å². The number of carbonyl (C=O) groups is 1. The van der Waals surface area contributed by atoms with E-state index in [9.17, 15) is 14.4 Å². The predicted octanol–water partition coefficient (Wildman–Crippen LogP) is 0.305. The highest BCUT2D eigenvalue weighted by atomic mass is 16.2. The summed E-state index contributed by atoms with van der Waals surface area (Å²) in [5.41, 5.74) is 5.46. The normalized spacial score (nSPS) is 12.6. The Bertz CT molecular complexity index is 882. The molecule has 130 valence electrons. The lowest BCUT2D eigenvalue weighted by molar-refractivity contribution is 0.0942. The van der Waals surface area contributed by atoms with Crippen LogP contribution in [0, 0.1) is 0 Å². The maximum absolute atomic E-state index is 12.6. The highest BCUT2D eigenvalue weighted by Crippen LogP contribution is 2.19. The highest BCUT2D eigenvalue weighted by Gasteiger charge is 2.20. The van der Waals surface area contributed by atoms with Gasteiger partial charge in [0, 0.05) is 24.8 Å². The van der Waals surface area contributed by atoms with E-state index >= 15 is 0 Å². The summed E-state index contributed by atoms with van der Waals surface area (Å²) in [5.74, 6) is -0.373. The van der Waals surface area contributed by atoms with Gasteiger partial charge < -0.3 is 11.1 Å². The Morgan fingerprint density at radius 1 is 1.38 bits per heavy atom. The van der Waals surface area contributed by atoms with E-state index in [1.165, 1.54) is 4.57 Å². The molecule has 0 saturated heterocycles. The molecule has 0 unspecified atom stereocenters. The number of hydrogen-bond acceptors (Lipinski definition) is 5. The standard InChI is InChI=1S/C16H23N5O3/c1-5-21-13-12(15(23)20-16(21)24)10(6-11(19-13)8(2)3)14(22)18-9(4)7-17/h6,8-9H,5,7,17H2,1-4H3,(H,18,22)(H,20,23,24)/t9-/m0/s1. The van der Waals surface area contributed by atoms with Crippen LogP contribution in [0.2, 0.25) is 0 Å². The largest absolute Gasteiger partial charge is 0.348 e. The van der Waals surface area contributed by atoms with Crippen molar-refractivity contribution >= 4 is 16.9 Å². The van der Waals surface area contributed by atoms with Gasteiger partial charge in [0.15, 0.2) is 5.65 Å². The van der Waals surface area contributed by atoms with Crippen LogP contribution in [-0.2, 0) is 6.54 Å². The quantitative estimate of drug-likeness (QED) is 0.726. The number of aryl methyl sites for hydroxylation is 1. The van der Waals surface area contributed by atoms with Crippen LogP contribution in [0.15, 0.2) is 15.7 Å². The van der Waals surface area contributed by atoms with Gasteiger partial charge in [0.1, 0.15) is 0 Å². The summed E-state index contributed by atoms with van der Waals surface area (Å²) in [5, 5.41) is 2.87. The minimum atomic E-state index is -0.618. The minimum Gasteiger partial charge on any atom is -0.348 e. The molecule has 0 aromatic carbocycles. The van der Waals surface area contributed by atoms with Crippen molar-refractivity contribution in [2.24, 2.45) is 5.73 Å². The molecule has 0 fully saturated rings. The van der Waals surface area contributed by atoms with Crippen molar-refractivity contribution in [3.05, 3.63) is 38.2 Å². The number of nitrogens with one attached hydrogen (secondary N) is 2. The lowest BCUT2D eigenvalue weighted by atomic mass is 10.0. The minimum absolute atomic E-state index is 0.0348. The highest BCUT2D eigenvalue weighted by molar-refractivity contribution is 6.05. The molecule has 2 aromatic heterocycles. The predicted molar refractivity (Wildman–Crippen MR) is 92.4 cm³/mol. The van der Waals surface area contributed by atoms with Gasteiger partial charge in [0.25, 0.3) is 11.5 Å². The molecule has 0 radical (unpaired) electrons. The summed E-state index contributed by atoms with van der Waals surface area (Å²) < 4.78 is 1.35. The van der Waals surface area contributed by atoms with Crippen molar-refractivity contribution in [2.45, 2.75) is 46.2 Å². The Balaban J connectivity index is 2.84. The zero-order valence-corrected chi connectivity index (χ0v) is 14.3. The summed E-state index contributed by atoms with van der Waals surface area (Å²) in [6.07, 6.45) is 0. The van der Waals surface area contributed by atoms with Crippen LogP contribution in [0.4, 0.5) is 0 Å². The number of hydrogen-bond donors (Lipinski definition) is 3. The van der Waals surface area contributed by atoms with E-state index in [4.69, 9.17) is 5.73 Å². The summed E-state index contributed by atoms with van der Waals surface area (Å²) >= 11 is 0. The van der Waals surface area contributed by atoms with Crippen LogP contribution in [0.1, 0.15) is 49.7 Å². The number of carbonyl (C=O) groups excluding carboxylic acids is 1. The molecule has 8 nitrogen and oxygen atoms in total. The fourth-order valence-corrected chi connectivity index (χ4v) is 2.42. The van der Waals surface area contributed by atoms with E-state index in [-0.39, 0.29) is 35.1 Å². The zero-order valence-electron chi connectivity index (χ0n) is 14.3. The Morgan fingerprint density at radius 2 is 2.04 bits per heavy atom. The molecule has 0 bridgehead atoms. The van der Waals surface area contributed by atoms with Crippen LogP contribution in [0.25, 0.3) is 11.0 Å². The third-order valence-electron chi connectivity index (χ3n) is 3.85. The number of amides is 1. The number of aromatic amines is 1. The van der Waals surface area contributed by atoms with Crippen molar-refractivity contribution in [3.8, 4) is 0 Å². The summed E-state index contributed by atoms with van der Waals surface area (Å²) in [4.78, 5) is 43.6. The Hall–Kier alpha value is -2.48. The lowest BCUT2D eigenvalue weighted by Gasteiger charge is -2.16. The van der Waals surface area contributed by atoms with Crippen molar-refractivity contribution in [2.75, 3.05) is 6.54 Å². The third kappa shape index (κ3) is 3.23. The average Bonchev–Trinajstić information content (AvgIpc) is 2.53. The van der Waals surface area contributed by atoms with E-state index in [0.29, 0.717) is 12.2 Å². The second-order valence-corrected chi connectivity index (χ2v) is 6.06. The number of nitrogens with two attached hydrogens (primary N) is 1. The van der Waals surface area contributed by atoms with E-state index in [2.05, 4.69) is 15.3 Å². The van der Waals surface area contributed by atoms with Gasteiger partial charge in [0.05, 0.1) is 10.9 Å². The van der Waals surface area contributed by atoms with E-state index in [0.717, 1.165) is 0 Å². The molecule has 0 aliphatic heterocycles. The first-order chi connectivity index (χ1) is 11.3. The van der Waals surface area contributed by atoms with E-state index in [1.807, 2.05) is 13.8 Å². The van der Waals surface area contributed by atoms with Crippen molar-refractivity contribution in [3.63, 3.8) is 0 Å². The molecule has 0 saturated carbocycles.